The first-order chi connectivity index (χ1) is 20.6. The average molecular weight is 581 g/mol. The average Bonchev–Trinajstić information content (AvgIpc) is 3.45. The standard InChI is InChI=1S/C33H36N6O4/c1-21-36-29-26(15-10-16-27(29)39(21)32(42)43-33(2,3)4)37(25-14-9-13-24-28(25)35-18-17-34-24)19-7-8-20-38-30(40)22-11-5-6-12-23(22)31(38)41/h5-6,10-12,15-18,25H,7-9,13-14,19-20H2,1-4H3. The summed E-state index contributed by atoms with van der Waals surface area (Å²) in [7, 11) is 0. The lowest BCUT2D eigenvalue weighted by Gasteiger charge is -2.36. The molecule has 43 heavy (non-hydrogen) atoms. The summed E-state index contributed by atoms with van der Waals surface area (Å²) in [4.78, 5) is 56.9. The number of carbonyl (C=O) groups excluding carboxylic acids is 3. The Balaban J connectivity index is 1.30. The normalized spacial score (nSPS) is 16.4. The lowest BCUT2D eigenvalue weighted by Crippen LogP contribution is -2.35. The van der Waals surface area contributed by atoms with Gasteiger partial charge in [0.25, 0.3) is 11.8 Å². The first-order valence-electron chi connectivity index (χ1n) is 14.9. The second-order valence-corrected chi connectivity index (χ2v) is 12.1. The van der Waals surface area contributed by atoms with Crippen molar-refractivity contribution in [2.24, 2.45) is 0 Å². The number of para-hydroxylation sites is 1. The largest absolute Gasteiger partial charge is 0.443 e. The highest BCUT2D eigenvalue weighted by Crippen LogP contribution is 2.38. The molecule has 4 aromatic rings. The minimum atomic E-state index is -0.645. The molecule has 3 heterocycles. The van der Waals surface area contributed by atoms with E-state index in [0.29, 0.717) is 47.5 Å². The van der Waals surface area contributed by atoms with Crippen LogP contribution in [0.25, 0.3) is 11.0 Å². The molecule has 0 fully saturated rings. The third-order valence-corrected chi connectivity index (χ3v) is 8.02. The summed E-state index contributed by atoms with van der Waals surface area (Å²) < 4.78 is 7.22. The molecule has 2 aromatic carbocycles. The Morgan fingerprint density at radius 3 is 2.44 bits per heavy atom. The van der Waals surface area contributed by atoms with Crippen molar-refractivity contribution in [2.45, 2.75) is 71.4 Å². The lowest BCUT2D eigenvalue weighted by molar-refractivity contribution is 0.0539. The summed E-state index contributed by atoms with van der Waals surface area (Å²) >= 11 is 0. The number of carbonyl (C=O) groups is 3. The highest BCUT2D eigenvalue weighted by Gasteiger charge is 2.35. The fraction of sp³-hybridized carbons (Fsp3) is 0.394. The number of nitrogens with zero attached hydrogens (tertiary/aromatic N) is 6. The summed E-state index contributed by atoms with van der Waals surface area (Å²) in [5, 5.41) is 0. The Kier molecular flexibility index (Phi) is 7.45. The molecule has 10 nitrogen and oxygen atoms in total. The van der Waals surface area contributed by atoms with Gasteiger partial charge in [-0.2, -0.15) is 0 Å². The van der Waals surface area contributed by atoms with Gasteiger partial charge in [-0.1, -0.05) is 18.2 Å². The second kappa shape index (κ2) is 11.2. The smallest absolute Gasteiger partial charge is 0.420 e. The Labute approximate surface area is 250 Å². The van der Waals surface area contributed by atoms with Crippen LogP contribution in [0.4, 0.5) is 10.5 Å². The molecule has 222 valence electrons. The Morgan fingerprint density at radius 2 is 1.72 bits per heavy atom. The molecule has 1 aliphatic carbocycles. The molecule has 2 aromatic heterocycles. The monoisotopic (exact) mass is 580 g/mol. The fourth-order valence-corrected chi connectivity index (χ4v) is 6.16. The molecule has 1 atom stereocenters. The predicted octanol–water partition coefficient (Wildman–Crippen LogP) is 5.88. The van der Waals surface area contributed by atoms with Crippen molar-refractivity contribution in [3.63, 3.8) is 0 Å². The van der Waals surface area contributed by atoms with Gasteiger partial charge in [0.05, 0.1) is 39.8 Å². The van der Waals surface area contributed by atoms with Crippen LogP contribution in [0.15, 0.2) is 54.9 Å². The summed E-state index contributed by atoms with van der Waals surface area (Å²) in [6.07, 6.45) is 7.12. The number of aromatic nitrogens is 4. The molecule has 0 N–H and O–H groups in total. The topological polar surface area (TPSA) is 111 Å². The summed E-state index contributed by atoms with van der Waals surface area (Å²) in [5.74, 6) is 0.0786. The van der Waals surface area contributed by atoms with Crippen LogP contribution in [0.5, 0.6) is 0 Å². The van der Waals surface area contributed by atoms with E-state index in [9.17, 15) is 14.4 Å². The highest BCUT2D eigenvalue weighted by atomic mass is 16.6. The number of hydrogen-bond donors (Lipinski definition) is 0. The number of rotatable bonds is 7. The van der Waals surface area contributed by atoms with Crippen molar-refractivity contribution in [3.05, 3.63) is 83.2 Å². The molecule has 2 amide bonds. The number of benzene rings is 2. The predicted molar refractivity (Wildman–Crippen MR) is 162 cm³/mol. The maximum atomic E-state index is 13.2. The van der Waals surface area contributed by atoms with E-state index in [1.807, 2.05) is 45.9 Å². The van der Waals surface area contributed by atoms with Crippen LogP contribution in [0.3, 0.4) is 0 Å². The number of imidazole rings is 1. The Hall–Kier alpha value is -4.60. The number of fused-ring (bicyclic) bond motifs is 3. The van der Waals surface area contributed by atoms with Crippen LogP contribution < -0.4 is 4.90 Å². The molecule has 0 bridgehead atoms. The number of amides is 2. The second-order valence-electron chi connectivity index (χ2n) is 12.1. The van der Waals surface area contributed by atoms with Gasteiger partial charge in [0, 0.05) is 25.5 Å². The summed E-state index contributed by atoms with van der Waals surface area (Å²) in [6, 6.07) is 12.8. The van der Waals surface area contributed by atoms with Gasteiger partial charge in [0.15, 0.2) is 0 Å². The van der Waals surface area contributed by atoms with Crippen molar-refractivity contribution in [1.82, 2.24) is 24.4 Å². The molecule has 6 rings (SSSR count). The molecule has 2 aliphatic rings. The zero-order valence-electron chi connectivity index (χ0n) is 25.0. The third kappa shape index (κ3) is 5.37. The first kappa shape index (κ1) is 28.5. The summed E-state index contributed by atoms with van der Waals surface area (Å²) in [6.45, 7) is 8.32. The van der Waals surface area contributed by atoms with E-state index >= 15 is 0 Å². The molecule has 0 saturated heterocycles. The van der Waals surface area contributed by atoms with Gasteiger partial charge >= 0.3 is 6.09 Å². The molecule has 0 spiro atoms. The fourth-order valence-electron chi connectivity index (χ4n) is 6.16. The maximum Gasteiger partial charge on any atom is 0.420 e. The Morgan fingerprint density at radius 1 is 1.00 bits per heavy atom. The van der Waals surface area contributed by atoms with Gasteiger partial charge in [-0.05, 0) is 84.1 Å². The molecule has 0 radical (unpaired) electrons. The van der Waals surface area contributed by atoms with Gasteiger partial charge in [-0.3, -0.25) is 24.5 Å². The van der Waals surface area contributed by atoms with Crippen molar-refractivity contribution in [1.29, 1.82) is 0 Å². The van der Waals surface area contributed by atoms with Crippen LogP contribution in [-0.2, 0) is 11.2 Å². The third-order valence-electron chi connectivity index (χ3n) is 8.02. The van der Waals surface area contributed by atoms with Gasteiger partial charge in [0.2, 0.25) is 0 Å². The quantitative estimate of drug-likeness (QED) is 0.197. The van der Waals surface area contributed by atoms with Crippen molar-refractivity contribution in [3.8, 4) is 0 Å². The van der Waals surface area contributed by atoms with Gasteiger partial charge < -0.3 is 9.64 Å². The zero-order chi connectivity index (χ0) is 30.3. The van der Waals surface area contributed by atoms with Crippen LogP contribution >= 0.6 is 0 Å². The number of hydrogen-bond acceptors (Lipinski definition) is 8. The van der Waals surface area contributed by atoms with E-state index in [1.165, 1.54) is 9.47 Å². The van der Waals surface area contributed by atoms with Gasteiger partial charge in [-0.25, -0.2) is 14.3 Å². The van der Waals surface area contributed by atoms with Crippen LogP contribution in [0.1, 0.15) is 90.4 Å². The van der Waals surface area contributed by atoms with Crippen molar-refractivity contribution >= 4 is 34.6 Å². The van der Waals surface area contributed by atoms with E-state index in [2.05, 4.69) is 9.88 Å². The van der Waals surface area contributed by atoms with E-state index in [-0.39, 0.29) is 17.9 Å². The minimum Gasteiger partial charge on any atom is -0.443 e. The number of anilines is 1. The summed E-state index contributed by atoms with van der Waals surface area (Å²) in [5.41, 5.74) is 4.52. The number of unbranched alkanes of at least 4 members (excludes halogenated alkanes) is 1. The van der Waals surface area contributed by atoms with E-state index in [0.717, 1.165) is 42.8 Å². The molecule has 1 unspecified atom stereocenters. The molecule has 0 saturated carbocycles. The number of imide groups is 1. The van der Waals surface area contributed by atoms with Gasteiger partial charge in [-0.15, -0.1) is 0 Å². The van der Waals surface area contributed by atoms with E-state index < -0.39 is 11.7 Å². The molecular weight excluding hydrogens is 544 g/mol. The molecular formula is C33H36N6O4. The number of aryl methyl sites for hydroxylation is 2. The van der Waals surface area contributed by atoms with E-state index in [4.69, 9.17) is 14.7 Å². The van der Waals surface area contributed by atoms with E-state index in [1.54, 1.807) is 36.7 Å². The van der Waals surface area contributed by atoms with Crippen LogP contribution in [-0.4, -0.2) is 61.0 Å². The van der Waals surface area contributed by atoms with Gasteiger partial charge in [0.1, 0.15) is 16.9 Å². The molecule has 1 aliphatic heterocycles. The zero-order valence-corrected chi connectivity index (χ0v) is 25.0. The minimum absolute atomic E-state index is 0.0330. The highest BCUT2D eigenvalue weighted by molar-refractivity contribution is 6.21. The first-order valence-corrected chi connectivity index (χ1v) is 14.9. The maximum absolute atomic E-state index is 13.2. The van der Waals surface area contributed by atoms with Crippen molar-refractivity contribution < 1.29 is 19.1 Å². The molecule has 10 heteroatoms. The van der Waals surface area contributed by atoms with Crippen LogP contribution in [0.2, 0.25) is 0 Å². The Bertz CT molecular complexity index is 1690. The number of ether oxygens (including phenoxy) is 1. The lowest BCUT2D eigenvalue weighted by atomic mass is 9.93. The SMILES string of the molecule is Cc1nc2c(N(CCCCN3C(=O)c4ccccc4C3=O)C3CCCc4nccnc43)cccc2n1C(=O)OC(C)(C)C. The van der Waals surface area contributed by atoms with Crippen molar-refractivity contribution in [2.75, 3.05) is 18.0 Å². The van der Waals surface area contributed by atoms with Crippen LogP contribution in [0, 0.1) is 6.92 Å².